The Hall–Kier alpha value is -0.870. The summed E-state index contributed by atoms with van der Waals surface area (Å²) >= 11 is 4.78. The number of carbonyl (C=O) groups is 1. The van der Waals surface area contributed by atoms with E-state index in [0.717, 1.165) is 21.2 Å². The van der Waals surface area contributed by atoms with E-state index in [0.29, 0.717) is 9.35 Å². The minimum Gasteiger partial charge on any atom is -0.478 e. The van der Waals surface area contributed by atoms with Crippen LogP contribution in [0.1, 0.15) is 21.5 Å². The number of thiophene rings is 1. The molecule has 2 aromatic rings. The van der Waals surface area contributed by atoms with Gasteiger partial charge in [0.15, 0.2) is 0 Å². The third-order valence-electron chi connectivity index (χ3n) is 2.30. The molecule has 1 aromatic carbocycles. The van der Waals surface area contributed by atoms with E-state index < -0.39 is 5.97 Å². The van der Waals surface area contributed by atoms with Crippen molar-refractivity contribution in [2.75, 3.05) is 0 Å². The largest absolute Gasteiger partial charge is 0.478 e. The summed E-state index contributed by atoms with van der Waals surface area (Å²) in [7, 11) is 0. The van der Waals surface area contributed by atoms with Crippen LogP contribution in [0.2, 0.25) is 0 Å². The molecule has 1 aromatic heterocycles. The van der Waals surface area contributed by atoms with Crippen molar-refractivity contribution in [1.82, 2.24) is 0 Å². The first-order chi connectivity index (χ1) is 7.00. The van der Waals surface area contributed by atoms with Gasteiger partial charge in [-0.3, -0.25) is 0 Å². The summed E-state index contributed by atoms with van der Waals surface area (Å²) in [5, 5.41) is 9.97. The third-order valence-corrected chi connectivity index (χ3v) is 4.11. The van der Waals surface area contributed by atoms with Gasteiger partial charge in [-0.05, 0) is 47.0 Å². The topological polar surface area (TPSA) is 37.3 Å². The molecule has 0 fully saturated rings. The number of rotatable bonds is 1. The molecule has 0 saturated heterocycles. The number of aromatic carboxylic acids is 1. The minimum absolute atomic E-state index is 0.382. The van der Waals surface area contributed by atoms with Gasteiger partial charge in [-0.2, -0.15) is 0 Å². The van der Waals surface area contributed by atoms with Gasteiger partial charge in [0.2, 0.25) is 0 Å². The molecule has 0 aliphatic rings. The number of benzene rings is 1. The second-order valence-electron chi connectivity index (χ2n) is 3.51. The smallest absolute Gasteiger partial charge is 0.338 e. The van der Waals surface area contributed by atoms with E-state index in [9.17, 15) is 4.79 Å². The fraction of sp³-hybridized carbons (Fsp3) is 0.182. The average Bonchev–Trinajstić information content (AvgIpc) is 2.40. The van der Waals surface area contributed by atoms with Gasteiger partial charge in [0.05, 0.1) is 9.35 Å². The highest BCUT2D eigenvalue weighted by molar-refractivity contribution is 9.11. The number of carboxylic acid groups (broad SMARTS) is 1. The Balaban J connectivity index is 2.93. The third kappa shape index (κ3) is 1.68. The van der Waals surface area contributed by atoms with Crippen molar-refractivity contribution >= 4 is 43.3 Å². The van der Waals surface area contributed by atoms with Crippen LogP contribution < -0.4 is 0 Å². The predicted octanol–water partition coefficient (Wildman–Crippen LogP) is 3.98. The van der Waals surface area contributed by atoms with E-state index in [4.69, 9.17) is 5.11 Å². The average molecular weight is 285 g/mol. The van der Waals surface area contributed by atoms with Crippen LogP contribution in [0.3, 0.4) is 0 Å². The predicted molar refractivity (Wildman–Crippen MR) is 66.0 cm³/mol. The minimum atomic E-state index is -0.875. The van der Waals surface area contributed by atoms with E-state index in [1.807, 2.05) is 26.0 Å². The lowest BCUT2D eigenvalue weighted by molar-refractivity contribution is 0.0698. The van der Waals surface area contributed by atoms with E-state index in [1.54, 1.807) is 0 Å². The van der Waals surface area contributed by atoms with Gasteiger partial charge in [-0.15, -0.1) is 11.3 Å². The molecular formula is C11H9BrO2S. The van der Waals surface area contributed by atoms with E-state index in [2.05, 4.69) is 15.9 Å². The summed E-state index contributed by atoms with van der Waals surface area (Å²) in [5.41, 5.74) is 2.56. The highest BCUT2D eigenvalue weighted by Gasteiger charge is 2.18. The van der Waals surface area contributed by atoms with Crippen molar-refractivity contribution in [2.24, 2.45) is 0 Å². The molecule has 15 heavy (non-hydrogen) atoms. The maximum Gasteiger partial charge on any atom is 0.338 e. The first kappa shape index (κ1) is 10.6. The van der Waals surface area contributed by atoms with Crippen LogP contribution >= 0.6 is 27.3 Å². The van der Waals surface area contributed by atoms with Gasteiger partial charge in [-0.25, -0.2) is 4.79 Å². The molecule has 0 aliphatic carbocycles. The van der Waals surface area contributed by atoms with Gasteiger partial charge in [-0.1, -0.05) is 6.07 Å². The Bertz CT molecular complexity index is 557. The van der Waals surface area contributed by atoms with Gasteiger partial charge in [0.25, 0.3) is 0 Å². The maximum atomic E-state index is 11.1. The van der Waals surface area contributed by atoms with Crippen LogP contribution in [0.15, 0.2) is 15.9 Å². The first-order valence-electron chi connectivity index (χ1n) is 4.43. The zero-order valence-corrected chi connectivity index (χ0v) is 10.7. The van der Waals surface area contributed by atoms with Crippen LogP contribution in [-0.2, 0) is 0 Å². The zero-order valence-electron chi connectivity index (χ0n) is 8.30. The summed E-state index contributed by atoms with van der Waals surface area (Å²) in [5.74, 6) is -0.875. The Labute approximate surface area is 99.7 Å². The fourth-order valence-corrected chi connectivity index (χ4v) is 3.75. The monoisotopic (exact) mass is 284 g/mol. The van der Waals surface area contributed by atoms with Crippen molar-refractivity contribution < 1.29 is 9.90 Å². The molecular weight excluding hydrogens is 276 g/mol. The Morgan fingerprint density at radius 2 is 2.07 bits per heavy atom. The molecule has 0 spiro atoms. The highest BCUT2D eigenvalue weighted by Crippen LogP contribution is 2.37. The quantitative estimate of drug-likeness (QED) is 0.860. The van der Waals surface area contributed by atoms with Gasteiger partial charge >= 0.3 is 5.97 Å². The molecule has 0 aliphatic heterocycles. The molecule has 1 N–H and O–H groups in total. The molecule has 78 valence electrons. The molecule has 0 bridgehead atoms. The van der Waals surface area contributed by atoms with Crippen LogP contribution in [0.5, 0.6) is 0 Å². The summed E-state index contributed by atoms with van der Waals surface area (Å²) < 4.78 is 1.72. The summed E-state index contributed by atoms with van der Waals surface area (Å²) in [6.07, 6.45) is 0. The van der Waals surface area contributed by atoms with Crippen LogP contribution in [0.25, 0.3) is 10.1 Å². The normalized spacial score (nSPS) is 10.9. The number of halogens is 1. The number of carboxylic acids is 1. The number of hydrogen-bond acceptors (Lipinski definition) is 2. The summed E-state index contributed by atoms with van der Waals surface area (Å²) in [6, 6.07) is 4.03. The molecule has 0 unspecified atom stereocenters. The molecule has 0 amide bonds. The summed E-state index contributed by atoms with van der Waals surface area (Å²) in [4.78, 5) is 11.1. The molecule has 0 atom stereocenters. The van der Waals surface area contributed by atoms with Crippen LogP contribution in [-0.4, -0.2) is 11.1 Å². The van der Waals surface area contributed by atoms with Crippen LogP contribution in [0.4, 0.5) is 0 Å². The van der Waals surface area contributed by atoms with Crippen molar-refractivity contribution in [1.29, 1.82) is 0 Å². The van der Waals surface area contributed by atoms with Crippen molar-refractivity contribution in [3.8, 4) is 0 Å². The van der Waals surface area contributed by atoms with Gasteiger partial charge in [0.1, 0.15) is 0 Å². The Morgan fingerprint density at radius 1 is 1.40 bits per heavy atom. The zero-order chi connectivity index (χ0) is 11.2. The lowest BCUT2D eigenvalue weighted by Gasteiger charge is -2.00. The van der Waals surface area contributed by atoms with Crippen LogP contribution in [0, 0.1) is 13.8 Å². The molecule has 0 radical (unpaired) electrons. The number of hydrogen-bond donors (Lipinski definition) is 1. The maximum absolute atomic E-state index is 11.1. The SMILES string of the molecule is Cc1cc(C)c2c(C(=O)O)c(Br)sc2c1. The van der Waals surface area contributed by atoms with Gasteiger partial charge < -0.3 is 5.11 Å². The van der Waals surface area contributed by atoms with Gasteiger partial charge in [0, 0.05) is 10.1 Å². The fourth-order valence-electron chi connectivity index (χ4n) is 1.77. The van der Waals surface area contributed by atoms with Crippen molar-refractivity contribution in [2.45, 2.75) is 13.8 Å². The summed E-state index contributed by atoms with van der Waals surface area (Å²) in [6.45, 7) is 3.96. The van der Waals surface area contributed by atoms with E-state index in [-0.39, 0.29) is 0 Å². The van der Waals surface area contributed by atoms with E-state index >= 15 is 0 Å². The highest BCUT2D eigenvalue weighted by atomic mass is 79.9. The molecule has 4 heteroatoms. The lowest BCUT2D eigenvalue weighted by Crippen LogP contribution is -1.96. The first-order valence-corrected chi connectivity index (χ1v) is 6.04. The lowest BCUT2D eigenvalue weighted by atomic mass is 10.1. The second-order valence-corrected chi connectivity index (χ2v) is 5.88. The van der Waals surface area contributed by atoms with E-state index in [1.165, 1.54) is 11.3 Å². The molecule has 0 saturated carbocycles. The van der Waals surface area contributed by atoms with Crippen molar-refractivity contribution in [3.05, 3.63) is 32.6 Å². The number of fused-ring (bicyclic) bond motifs is 1. The molecule has 2 rings (SSSR count). The Morgan fingerprint density at radius 3 is 2.67 bits per heavy atom. The Kier molecular flexibility index (Phi) is 2.56. The number of aryl methyl sites for hydroxylation is 2. The molecule has 1 heterocycles. The second kappa shape index (κ2) is 3.61. The standard InChI is InChI=1S/C11H9BrO2S/c1-5-3-6(2)8-7(4-5)15-10(12)9(8)11(13)14/h3-4H,1-2H3,(H,13,14). The molecule has 2 nitrogen and oxygen atoms in total. The van der Waals surface area contributed by atoms with Crippen molar-refractivity contribution in [3.63, 3.8) is 0 Å².